The van der Waals surface area contributed by atoms with Gasteiger partial charge in [-0.1, -0.05) is 25.1 Å². The molecule has 0 aliphatic carbocycles. The molecular formula is C17H22F3NO3. The Balaban J connectivity index is 1.78. The summed E-state index contributed by atoms with van der Waals surface area (Å²) in [7, 11) is 0. The van der Waals surface area contributed by atoms with E-state index in [1.165, 1.54) is 4.90 Å². The summed E-state index contributed by atoms with van der Waals surface area (Å²) < 4.78 is 43.8. The third-order valence-electron chi connectivity index (χ3n) is 4.41. The van der Waals surface area contributed by atoms with Gasteiger partial charge in [0.1, 0.15) is 5.75 Å². The molecule has 134 valence electrons. The minimum atomic E-state index is -4.66. The molecule has 1 aliphatic heterocycles. The number of rotatable bonds is 5. The van der Waals surface area contributed by atoms with Gasteiger partial charge in [-0.25, -0.2) is 0 Å². The van der Waals surface area contributed by atoms with Gasteiger partial charge in [0.2, 0.25) is 5.91 Å². The van der Waals surface area contributed by atoms with Gasteiger partial charge in [-0.05, 0) is 18.6 Å². The maximum atomic E-state index is 12.8. The quantitative estimate of drug-likeness (QED) is 0.892. The van der Waals surface area contributed by atoms with Crippen LogP contribution in [0.25, 0.3) is 0 Å². The van der Waals surface area contributed by atoms with Crippen molar-refractivity contribution in [3.8, 4) is 5.75 Å². The van der Waals surface area contributed by atoms with Crippen LogP contribution in [0.1, 0.15) is 26.2 Å². The molecule has 0 aromatic heterocycles. The SMILES string of the molecule is CC(CCOc1ccccc1)C(=O)N1CCC(O)(C(F)(F)F)CC1. The van der Waals surface area contributed by atoms with Gasteiger partial charge >= 0.3 is 6.18 Å². The van der Waals surface area contributed by atoms with Crippen molar-refractivity contribution < 1.29 is 27.8 Å². The number of piperidine rings is 1. The lowest BCUT2D eigenvalue weighted by atomic mass is 9.90. The molecule has 4 nitrogen and oxygen atoms in total. The number of hydrogen-bond donors (Lipinski definition) is 1. The third kappa shape index (κ3) is 4.41. The fourth-order valence-electron chi connectivity index (χ4n) is 2.69. The Bertz CT molecular complexity index is 540. The van der Waals surface area contributed by atoms with Crippen LogP contribution in [-0.4, -0.2) is 47.4 Å². The van der Waals surface area contributed by atoms with Crippen molar-refractivity contribution in [3.63, 3.8) is 0 Å². The molecule has 1 aliphatic rings. The van der Waals surface area contributed by atoms with E-state index < -0.39 is 24.6 Å². The highest BCUT2D eigenvalue weighted by molar-refractivity contribution is 5.78. The number of aliphatic hydroxyl groups is 1. The van der Waals surface area contributed by atoms with Crippen LogP contribution in [0.4, 0.5) is 13.2 Å². The van der Waals surface area contributed by atoms with Gasteiger partial charge in [0, 0.05) is 31.8 Å². The molecule has 0 radical (unpaired) electrons. The summed E-state index contributed by atoms with van der Waals surface area (Å²) in [6.45, 7) is 1.93. The zero-order chi connectivity index (χ0) is 17.8. The standard InChI is InChI=1S/C17H22F3NO3/c1-13(7-12-24-14-5-3-2-4-6-14)15(22)21-10-8-16(23,9-11-21)17(18,19)20/h2-6,13,23H,7-12H2,1H3. The third-order valence-corrected chi connectivity index (χ3v) is 4.41. The Kier molecular flexibility index (Phi) is 5.74. The first-order valence-corrected chi connectivity index (χ1v) is 7.99. The summed E-state index contributed by atoms with van der Waals surface area (Å²) in [4.78, 5) is 13.7. The molecule has 1 fully saturated rings. The molecule has 1 N–H and O–H groups in total. The Labute approximate surface area is 139 Å². The van der Waals surface area contributed by atoms with Gasteiger partial charge in [-0.2, -0.15) is 13.2 Å². The van der Waals surface area contributed by atoms with E-state index in [9.17, 15) is 23.1 Å². The highest BCUT2D eigenvalue weighted by Gasteiger charge is 2.54. The summed E-state index contributed by atoms with van der Waals surface area (Å²) in [5.41, 5.74) is -2.68. The maximum absolute atomic E-state index is 12.8. The van der Waals surface area contributed by atoms with E-state index in [1.807, 2.05) is 30.3 Å². The molecule has 1 aromatic rings. The van der Waals surface area contributed by atoms with Crippen molar-refractivity contribution in [3.05, 3.63) is 30.3 Å². The molecule has 24 heavy (non-hydrogen) atoms. The number of carbonyl (C=O) groups excluding carboxylic acids is 1. The van der Waals surface area contributed by atoms with Gasteiger partial charge in [-0.3, -0.25) is 4.79 Å². The molecule has 1 atom stereocenters. The van der Waals surface area contributed by atoms with Crippen LogP contribution in [0.3, 0.4) is 0 Å². The Morgan fingerprint density at radius 3 is 2.42 bits per heavy atom. The molecule has 1 unspecified atom stereocenters. The predicted molar refractivity (Wildman–Crippen MR) is 82.5 cm³/mol. The van der Waals surface area contributed by atoms with Crippen molar-refractivity contribution in [2.45, 2.75) is 38.0 Å². The number of para-hydroxylation sites is 1. The summed E-state index contributed by atoms with van der Waals surface area (Å²) in [6, 6.07) is 9.20. The van der Waals surface area contributed by atoms with Crippen LogP contribution in [0.5, 0.6) is 5.75 Å². The number of ether oxygens (including phenoxy) is 1. The summed E-state index contributed by atoms with van der Waals surface area (Å²) in [6.07, 6.45) is -5.13. The van der Waals surface area contributed by atoms with Crippen LogP contribution in [0.15, 0.2) is 30.3 Å². The monoisotopic (exact) mass is 345 g/mol. The van der Waals surface area contributed by atoms with Crippen LogP contribution in [0.2, 0.25) is 0 Å². The topological polar surface area (TPSA) is 49.8 Å². The van der Waals surface area contributed by atoms with Crippen LogP contribution >= 0.6 is 0 Å². The minimum absolute atomic E-state index is 0.0846. The number of likely N-dealkylation sites (tertiary alicyclic amines) is 1. The van der Waals surface area contributed by atoms with Gasteiger partial charge in [0.05, 0.1) is 6.61 Å². The molecule has 1 heterocycles. The van der Waals surface area contributed by atoms with Crippen molar-refractivity contribution >= 4 is 5.91 Å². The van der Waals surface area contributed by atoms with E-state index >= 15 is 0 Å². The molecule has 1 amide bonds. The second-order valence-corrected chi connectivity index (χ2v) is 6.21. The number of benzene rings is 1. The average molecular weight is 345 g/mol. The smallest absolute Gasteiger partial charge is 0.417 e. The maximum Gasteiger partial charge on any atom is 0.417 e. The molecule has 0 bridgehead atoms. The van der Waals surface area contributed by atoms with Gasteiger partial charge < -0.3 is 14.7 Å². The average Bonchev–Trinajstić information content (AvgIpc) is 2.55. The first kappa shape index (κ1) is 18.6. The number of nitrogens with zero attached hydrogens (tertiary/aromatic N) is 1. The second kappa shape index (κ2) is 7.42. The zero-order valence-electron chi connectivity index (χ0n) is 13.6. The van der Waals surface area contributed by atoms with E-state index in [2.05, 4.69) is 0 Å². The molecular weight excluding hydrogens is 323 g/mol. The fourth-order valence-corrected chi connectivity index (χ4v) is 2.69. The second-order valence-electron chi connectivity index (χ2n) is 6.21. The minimum Gasteiger partial charge on any atom is -0.494 e. The highest BCUT2D eigenvalue weighted by atomic mass is 19.4. The fraction of sp³-hybridized carbons (Fsp3) is 0.588. The highest BCUT2D eigenvalue weighted by Crippen LogP contribution is 2.38. The lowest BCUT2D eigenvalue weighted by Gasteiger charge is -2.39. The number of carbonyl (C=O) groups is 1. The van der Waals surface area contributed by atoms with Gasteiger partial charge in [0.25, 0.3) is 0 Å². The number of amides is 1. The first-order valence-electron chi connectivity index (χ1n) is 7.99. The molecule has 2 rings (SSSR count). The molecule has 1 aromatic carbocycles. The van der Waals surface area contributed by atoms with E-state index in [0.29, 0.717) is 18.8 Å². The molecule has 0 spiro atoms. The lowest BCUT2D eigenvalue weighted by molar-refractivity contribution is -0.272. The van der Waals surface area contributed by atoms with Gasteiger partial charge in [0.15, 0.2) is 5.60 Å². The van der Waals surface area contributed by atoms with Crippen molar-refractivity contribution in [2.24, 2.45) is 5.92 Å². The van der Waals surface area contributed by atoms with Crippen LogP contribution in [0, 0.1) is 5.92 Å². The Hall–Kier alpha value is -1.76. The van der Waals surface area contributed by atoms with Crippen molar-refractivity contribution in [1.29, 1.82) is 0 Å². The number of hydrogen-bond acceptors (Lipinski definition) is 3. The number of halogens is 3. The summed E-state index contributed by atoms with van der Waals surface area (Å²) in [5.74, 6) is 0.173. The summed E-state index contributed by atoms with van der Waals surface area (Å²) in [5, 5.41) is 9.63. The largest absolute Gasteiger partial charge is 0.494 e. The van der Waals surface area contributed by atoms with Crippen LogP contribution in [-0.2, 0) is 4.79 Å². The first-order chi connectivity index (χ1) is 11.2. The molecule has 0 saturated carbocycles. The van der Waals surface area contributed by atoms with E-state index in [1.54, 1.807) is 6.92 Å². The Morgan fingerprint density at radius 2 is 1.88 bits per heavy atom. The molecule has 1 saturated heterocycles. The zero-order valence-corrected chi connectivity index (χ0v) is 13.6. The van der Waals surface area contributed by atoms with Crippen molar-refractivity contribution in [1.82, 2.24) is 4.90 Å². The van der Waals surface area contributed by atoms with Gasteiger partial charge in [-0.15, -0.1) is 0 Å². The Morgan fingerprint density at radius 1 is 1.29 bits per heavy atom. The van der Waals surface area contributed by atoms with E-state index in [-0.39, 0.29) is 24.9 Å². The van der Waals surface area contributed by atoms with E-state index in [4.69, 9.17) is 4.74 Å². The molecule has 7 heteroatoms. The predicted octanol–water partition coefficient (Wildman–Crippen LogP) is 3.01. The number of alkyl halides is 3. The lowest BCUT2D eigenvalue weighted by Crippen LogP contribution is -2.55. The van der Waals surface area contributed by atoms with Crippen LogP contribution < -0.4 is 4.74 Å². The van der Waals surface area contributed by atoms with E-state index in [0.717, 1.165) is 0 Å². The van der Waals surface area contributed by atoms with Crippen molar-refractivity contribution in [2.75, 3.05) is 19.7 Å². The summed E-state index contributed by atoms with van der Waals surface area (Å²) >= 11 is 0. The normalized spacial score (nSPS) is 19.0.